The second kappa shape index (κ2) is 8.92. The molecule has 0 aromatic heterocycles. The van der Waals surface area contributed by atoms with E-state index in [0.29, 0.717) is 18.3 Å². The minimum absolute atomic E-state index is 0.0956. The molecule has 0 bridgehead atoms. The number of aromatic hydroxyl groups is 2. The third kappa shape index (κ3) is 5.68. The molecule has 0 heterocycles. The van der Waals surface area contributed by atoms with Gasteiger partial charge in [-0.05, 0) is 54.7 Å². The van der Waals surface area contributed by atoms with Crippen molar-refractivity contribution in [3.63, 3.8) is 0 Å². The smallest absolute Gasteiger partial charge is 0.193 e. The second-order valence-electron chi connectivity index (χ2n) is 6.32. The largest absolute Gasteiger partial charge is 0.508 e. The van der Waals surface area contributed by atoms with Gasteiger partial charge in [0.15, 0.2) is 5.78 Å². The van der Waals surface area contributed by atoms with Crippen molar-refractivity contribution >= 4 is 11.9 Å². The van der Waals surface area contributed by atoms with Gasteiger partial charge < -0.3 is 14.9 Å². The van der Waals surface area contributed by atoms with Crippen molar-refractivity contribution in [3.05, 3.63) is 59.7 Å². The molecule has 0 aliphatic heterocycles. The molecular weight excluding hydrogens is 316 g/mol. The number of ketones is 1. The SMILES string of the molecule is CC(C)CCCOc1cccc(O)c1C(=O)/C=C/c1ccc(O)cc1. The molecule has 2 aromatic carbocycles. The summed E-state index contributed by atoms with van der Waals surface area (Å²) in [6.07, 6.45) is 4.96. The van der Waals surface area contributed by atoms with Gasteiger partial charge in [0.2, 0.25) is 0 Å². The van der Waals surface area contributed by atoms with Crippen molar-refractivity contribution in [1.29, 1.82) is 0 Å². The Morgan fingerprint density at radius 3 is 2.52 bits per heavy atom. The first kappa shape index (κ1) is 18.6. The first-order valence-electron chi connectivity index (χ1n) is 8.43. The van der Waals surface area contributed by atoms with Crippen LogP contribution in [0.2, 0.25) is 0 Å². The molecular formula is C21H24O4. The van der Waals surface area contributed by atoms with Crippen LogP contribution in [0, 0.1) is 5.92 Å². The molecule has 0 fully saturated rings. The highest BCUT2D eigenvalue weighted by Gasteiger charge is 2.15. The van der Waals surface area contributed by atoms with Crippen molar-refractivity contribution in [2.24, 2.45) is 5.92 Å². The number of hydrogen-bond acceptors (Lipinski definition) is 4. The fourth-order valence-corrected chi connectivity index (χ4v) is 2.40. The number of benzene rings is 2. The molecule has 4 nitrogen and oxygen atoms in total. The first-order valence-corrected chi connectivity index (χ1v) is 8.43. The van der Waals surface area contributed by atoms with Crippen LogP contribution in [0.25, 0.3) is 6.08 Å². The Kier molecular flexibility index (Phi) is 6.63. The summed E-state index contributed by atoms with van der Waals surface area (Å²) < 4.78 is 5.71. The average molecular weight is 340 g/mol. The Hall–Kier alpha value is -2.75. The zero-order valence-corrected chi connectivity index (χ0v) is 14.6. The van der Waals surface area contributed by atoms with Crippen molar-refractivity contribution in [2.75, 3.05) is 6.61 Å². The Bertz CT molecular complexity index is 730. The van der Waals surface area contributed by atoms with Crippen molar-refractivity contribution in [1.82, 2.24) is 0 Å². The van der Waals surface area contributed by atoms with Gasteiger partial charge in [0.1, 0.15) is 22.8 Å². The Morgan fingerprint density at radius 1 is 1.12 bits per heavy atom. The monoisotopic (exact) mass is 340 g/mol. The molecule has 0 radical (unpaired) electrons. The minimum atomic E-state index is -0.329. The number of allylic oxidation sites excluding steroid dienone is 1. The standard InChI is InChI=1S/C21H24O4/c1-15(2)5-4-14-25-20-7-3-6-18(23)21(20)19(24)13-10-16-8-11-17(22)12-9-16/h3,6-13,15,22-23H,4-5,14H2,1-2H3/b13-10+. The average Bonchev–Trinajstić information content (AvgIpc) is 2.58. The van der Waals surface area contributed by atoms with E-state index in [9.17, 15) is 15.0 Å². The zero-order valence-electron chi connectivity index (χ0n) is 14.6. The van der Waals surface area contributed by atoms with Gasteiger partial charge in [-0.1, -0.05) is 38.1 Å². The summed E-state index contributed by atoms with van der Waals surface area (Å²) in [5, 5.41) is 19.4. The van der Waals surface area contributed by atoms with E-state index >= 15 is 0 Å². The summed E-state index contributed by atoms with van der Waals surface area (Å²) in [5.74, 6) is 0.735. The van der Waals surface area contributed by atoms with E-state index in [0.717, 1.165) is 18.4 Å². The molecule has 0 saturated carbocycles. The van der Waals surface area contributed by atoms with E-state index in [4.69, 9.17) is 4.74 Å². The van der Waals surface area contributed by atoms with Gasteiger partial charge in [0.25, 0.3) is 0 Å². The lowest BCUT2D eigenvalue weighted by Crippen LogP contribution is -2.05. The number of carbonyl (C=O) groups excluding carboxylic acids is 1. The number of rotatable bonds is 8. The van der Waals surface area contributed by atoms with E-state index in [2.05, 4.69) is 13.8 Å². The van der Waals surface area contributed by atoms with Gasteiger partial charge in [-0.2, -0.15) is 0 Å². The van der Waals surface area contributed by atoms with E-state index in [1.54, 1.807) is 42.5 Å². The summed E-state index contributed by atoms with van der Waals surface area (Å²) in [5.41, 5.74) is 0.947. The Balaban J connectivity index is 2.11. The Morgan fingerprint density at radius 2 is 1.84 bits per heavy atom. The fourth-order valence-electron chi connectivity index (χ4n) is 2.40. The molecule has 2 rings (SSSR count). The number of hydrogen-bond donors (Lipinski definition) is 2. The highest BCUT2D eigenvalue weighted by atomic mass is 16.5. The molecule has 2 N–H and O–H groups in total. The molecule has 0 saturated heterocycles. The molecule has 4 heteroatoms. The summed E-state index contributed by atoms with van der Waals surface area (Å²) in [4.78, 5) is 12.5. The van der Waals surface area contributed by atoms with Gasteiger partial charge in [-0.25, -0.2) is 0 Å². The molecule has 0 aliphatic rings. The van der Waals surface area contributed by atoms with E-state index < -0.39 is 0 Å². The maximum Gasteiger partial charge on any atom is 0.193 e. The highest BCUT2D eigenvalue weighted by Crippen LogP contribution is 2.29. The van der Waals surface area contributed by atoms with Crippen molar-refractivity contribution < 1.29 is 19.7 Å². The maximum absolute atomic E-state index is 12.5. The van der Waals surface area contributed by atoms with Crippen LogP contribution in [-0.2, 0) is 0 Å². The van der Waals surface area contributed by atoms with E-state index in [1.165, 1.54) is 12.1 Å². The molecule has 0 unspecified atom stereocenters. The third-order valence-electron chi connectivity index (χ3n) is 3.75. The highest BCUT2D eigenvalue weighted by molar-refractivity contribution is 6.10. The van der Waals surface area contributed by atoms with Crippen LogP contribution in [-0.4, -0.2) is 22.6 Å². The van der Waals surface area contributed by atoms with Crippen LogP contribution in [0.5, 0.6) is 17.2 Å². The van der Waals surface area contributed by atoms with Gasteiger partial charge in [0, 0.05) is 0 Å². The van der Waals surface area contributed by atoms with Crippen molar-refractivity contribution in [3.8, 4) is 17.2 Å². The molecule has 0 spiro atoms. The summed E-state index contributed by atoms with van der Waals surface area (Å²) in [6, 6.07) is 11.3. The normalized spacial score (nSPS) is 11.2. The minimum Gasteiger partial charge on any atom is -0.508 e. The number of ether oxygens (including phenoxy) is 1. The van der Waals surface area contributed by atoms with Gasteiger partial charge in [-0.3, -0.25) is 4.79 Å². The molecule has 0 amide bonds. The molecule has 0 atom stereocenters. The van der Waals surface area contributed by atoms with Gasteiger partial charge >= 0.3 is 0 Å². The van der Waals surface area contributed by atoms with Crippen LogP contribution in [0.4, 0.5) is 0 Å². The predicted molar refractivity (Wildman–Crippen MR) is 99.1 cm³/mol. The Labute approximate surface area is 148 Å². The molecule has 25 heavy (non-hydrogen) atoms. The number of phenolic OH excluding ortho intramolecular Hbond substituents is 2. The van der Waals surface area contributed by atoms with Crippen LogP contribution >= 0.6 is 0 Å². The van der Waals surface area contributed by atoms with Gasteiger partial charge in [-0.15, -0.1) is 0 Å². The number of phenols is 2. The molecule has 0 aliphatic carbocycles. The number of carbonyl (C=O) groups is 1. The first-order chi connectivity index (χ1) is 12.0. The third-order valence-corrected chi connectivity index (χ3v) is 3.75. The van der Waals surface area contributed by atoms with Crippen LogP contribution in [0.15, 0.2) is 48.5 Å². The van der Waals surface area contributed by atoms with Crippen LogP contribution in [0.3, 0.4) is 0 Å². The van der Waals surface area contributed by atoms with Crippen LogP contribution < -0.4 is 4.74 Å². The fraction of sp³-hybridized carbons (Fsp3) is 0.286. The summed E-state index contributed by atoms with van der Waals surface area (Å²) in [6.45, 7) is 4.80. The summed E-state index contributed by atoms with van der Waals surface area (Å²) >= 11 is 0. The van der Waals surface area contributed by atoms with E-state index in [1.807, 2.05) is 0 Å². The quantitative estimate of drug-likeness (QED) is 0.411. The lowest BCUT2D eigenvalue weighted by atomic mass is 10.1. The second-order valence-corrected chi connectivity index (χ2v) is 6.32. The maximum atomic E-state index is 12.5. The molecule has 2 aromatic rings. The zero-order chi connectivity index (χ0) is 18.2. The van der Waals surface area contributed by atoms with Crippen LogP contribution in [0.1, 0.15) is 42.6 Å². The van der Waals surface area contributed by atoms with Crippen molar-refractivity contribution in [2.45, 2.75) is 26.7 Å². The predicted octanol–water partition coefficient (Wildman–Crippen LogP) is 4.81. The van der Waals surface area contributed by atoms with Gasteiger partial charge in [0.05, 0.1) is 6.61 Å². The lowest BCUT2D eigenvalue weighted by Gasteiger charge is -2.11. The summed E-state index contributed by atoms with van der Waals surface area (Å²) in [7, 11) is 0. The lowest BCUT2D eigenvalue weighted by molar-refractivity contribution is 0.104. The topological polar surface area (TPSA) is 66.8 Å². The van der Waals surface area contributed by atoms with E-state index in [-0.39, 0.29) is 22.8 Å². The molecule has 132 valence electrons.